The number of alkyl halides is 1. The second-order valence-electron chi connectivity index (χ2n) is 4.94. The molecule has 0 aliphatic carbocycles. The van der Waals surface area contributed by atoms with Gasteiger partial charge in [-0.25, -0.2) is 4.39 Å². The summed E-state index contributed by atoms with van der Waals surface area (Å²) in [5, 5.41) is 0. The number of hydrogen-bond acceptors (Lipinski definition) is 1. The van der Waals surface area contributed by atoms with Crippen molar-refractivity contribution in [2.24, 2.45) is 0 Å². The zero-order valence-corrected chi connectivity index (χ0v) is 12.8. The van der Waals surface area contributed by atoms with Crippen LogP contribution >= 0.6 is 11.6 Å². The quantitative estimate of drug-likeness (QED) is 0.767. The molecule has 0 aromatic heterocycles. The molecule has 2 nitrogen and oxygen atoms in total. The van der Waals surface area contributed by atoms with Crippen LogP contribution in [0.2, 0.25) is 0 Å². The molecule has 0 aliphatic heterocycles. The summed E-state index contributed by atoms with van der Waals surface area (Å²) in [4.78, 5) is 14.0. The second kappa shape index (κ2) is 6.72. The van der Waals surface area contributed by atoms with Gasteiger partial charge in [-0.05, 0) is 30.7 Å². The molecule has 1 amide bonds. The van der Waals surface area contributed by atoms with Crippen LogP contribution in [-0.2, 0) is 5.88 Å². The Morgan fingerprint density at radius 1 is 1.19 bits per heavy atom. The lowest BCUT2D eigenvalue weighted by molar-refractivity contribution is 0.0740. The van der Waals surface area contributed by atoms with Crippen molar-refractivity contribution >= 4 is 17.5 Å². The van der Waals surface area contributed by atoms with Crippen LogP contribution in [0.15, 0.2) is 48.5 Å². The first-order valence-corrected chi connectivity index (χ1v) is 7.24. The van der Waals surface area contributed by atoms with Crippen molar-refractivity contribution < 1.29 is 9.18 Å². The van der Waals surface area contributed by atoms with Crippen LogP contribution in [0.3, 0.4) is 0 Å². The van der Waals surface area contributed by atoms with Gasteiger partial charge in [0.05, 0.1) is 6.04 Å². The molecule has 0 bridgehead atoms. The predicted octanol–water partition coefficient (Wildman–Crippen LogP) is 4.40. The van der Waals surface area contributed by atoms with E-state index in [0.29, 0.717) is 17.0 Å². The highest BCUT2D eigenvalue weighted by Crippen LogP contribution is 2.23. The lowest BCUT2D eigenvalue weighted by atomic mass is 10.1. The molecule has 21 heavy (non-hydrogen) atoms. The minimum Gasteiger partial charge on any atom is -0.335 e. The lowest BCUT2D eigenvalue weighted by Crippen LogP contribution is -2.30. The highest BCUT2D eigenvalue weighted by Gasteiger charge is 2.20. The maximum atomic E-state index is 13.8. The molecule has 2 aromatic rings. The van der Waals surface area contributed by atoms with Gasteiger partial charge in [0.2, 0.25) is 0 Å². The van der Waals surface area contributed by atoms with Crippen molar-refractivity contribution in [3.8, 4) is 0 Å². The summed E-state index contributed by atoms with van der Waals surface area (Å²) >= 11 is 5.73. The number of amides is 1. The van der Waals surface area contributed by atoms with Crippen LogP contribution in [0.1, 0.15) is 34.5 Å². The zero-order chi connectivity index (χ0) is 15.4. The van der Waals surface area contributed by atoms with Gasteiger partial charge in [-0.15, -0.1) is 11.6 Å². The lowest BCUT2D eigenvalue weighted by Gasteiger charge is -2.25. The number of hydrogen-bond donors (Lipinski definition) is 0. The van der Waals surface area contributed by atoms with Gasteiger partial charge in [-0.1, -0.05) is 30.3 Å². The third kappa shape index (κ3) is 3.42. The van der Waals surface area contributed by atoms with Crippen LogP contribution in [0.25, 0.3) is 0 Å². The van der Waals surface area contributed by atoms with Crippen LogP contribution in [0.4, 0.5) is 4.39 Å². The van der Waals surface area contributed by atoms with E-state index in [1.54, 1.807) is 37.4 Å². The van der Waals surface area contributed by atoms with Gasteiger partial charge in [0.25, 0.3) is 5.91 Å². The van der Waals surface area contributed by atoms with Crippen molar-refractivity contribution in [3.63, 3.8) is 0 Å². The molecule has 0 radical (unpaired) electrons. The van der Waals surface area contributed by atoms with Crippen molar-refractivity contribution in [2.75, 3.05) is 7.05 Å². The molecule has 0 fully saturated rings. The number of carbonyl (C=O) groups is 1. The SMILES string of the molecule is CC(c1ccccc1F)N(C)C(=O)c1ccc(CCl)cc1. The minimum atomic E-state index is -0.341. The first-order chi connectivity index (χ1) is 10.0. The number of rotatable bonds is 4. The standard InChI is InChI=1S/C17H17ClFNO/c1-12(15-5-3-4-6-16(15)19)20(2)17(21)14-9-7-13(11-18)8-10-14/h3-10,12H,11H2,1-2H3. The molecule has 110 valence electrons. The van der Waals surface area contributed by atoms with Crippen molar-refractivity contribution in [1.82, 2.24) is 4.90 Å². The Morgan fingerprint density at radius 3 is 2.38 bits per heavy atom. The molecule has 0 spiro atoms. The largest absolute Gasteiger partial charge is 0.335 e. The van der Waals surface area contributed by atoms with Crippen molar-refractivity contribution in [3.05, 3.63) is 71.0 Å². The summed E-state index contributed by atoms with van der Waals surface area (Å²) in [6, 6.07) is 13.3. The molecule has 0 N–H and O–H groups in total. The van der Waals surface area contributed by atoms with E-state index in [-0.39, 0.29) is 17.8 Å². The second-order valence-corrected chi connectivity index (χ2v) is 5.21. The molecule has 1 atom stereocenters. The van der Waals surface area contributed by atoms with Crippen LogP contribution < -0.4 is 0 Å². The summed E-state index contributed by atoms with van der Waals surface area (Å²) in [5.74, 6) is -0.0373. The Morgan fingerprint density at radius 2 is 1.81 bits per heavy atom. The number of halogens is 2. The first kappa shape index (κ1) is 15.5. The summed E-state index contributed by atoms with van der Waals surface area (Å²) in [7, 11) is 1.68. The molecule has 1 unspecified atom stereocenters. The Hall–Kier alpha value is -1.87. The summed E-state index contributed by atoms with van der Waals surface area (Å²) in [5.41, 5.74) is 2.03. The van der Waals surface area contributed by atoms with E-state index in [1.807, 2.05) is 19.1 Å². The maximum absolute atomic E-state index is 13.8. The van der Waals surface area contributed by atoms with Crippen molar-refractivity contribution in [1.29, 1.82) is 0 Å². The smallest absolute Gasteiger partial charge is 0.254 e. The molecule has 2 rings (SSSR count). The van der Waals surface area contributed by atoms with E-state index in [0.717, 1.165) is 5.56 Å². The van der Waals surface area contributed by atoms with Gasteiger partial charge in [-0.3, -0.25) is 4.79 Å². The highest BCUT2D eigenvalue weighted by molar-refractivity contribution is 6.17. The van der Waals surface area contributed by atoms with E-state index in [1.165, 1.54) is 11.0 Å². The molecule has 0 aliphatic rings. The third-order valence-corrected chi connectivity index (χ3v) is 3.92. The number of nitrogens with zero attached hydrogens (tertiary/aromatic N) is 1. The van der Waals surface area contributed by atoms with Crippen LogP contribution in [0, 0.1) is 5.82 Å². The average Bonchev–Trinajstić information content (AvgIpc) is 2.53. The molecule has 4 heteroatoms. The van der Waals surface area contributed by atoms with Gasteiger partial charge in [0, 0.05) is 24.1 Å². The Balaban J connectivity index is 2.20. The topological polar surface area (TPSA) is 20.3 Å². The fraction of sp³-hybridized carbons (Fsp3) is 0.235. The summed E-state index contributed by atoms with van der Waals surface area (Å²) in [6.45, 7) is 1.81. The predicted molar refractivity (Wildman–Crippen MR) is 82.9 cm³/mol. The van der Waals surface area contributed by atoms with E-state index in [2.05, 4.69) is 0 Å². The van der Waals surface area contributed by atoms with E-state index < -0.39 is 0 Å². The molecular formula is C17H17ClFNO. The van der Waals surface area contributed by atoms with Gasteiger partial charge in [0.1, 0.15) is 5.82 Å². The van der Waals surface area contributed by atoms with Crippen LogP contribution in [0.5, 0.6) is 0 Å². The molecule has 2 aromatic carbocycles. The van der Waals surface area contributed by atoms with E-state index in [4.69, 9.17) is 11.6 Å². The highest BCUT2D eigenvalue weighted by atomic mass is 35.5. The average molecular weight is 306 g/mol. The van der Waals surface area contributed by atoms with Gasteiger partial charge >= 0.3 is 0 Å². The third-order valence-electron chi connectivity index (χ3n) is 3.61. The fourth-order valence-electron chi connectivity index (χ4n) is 2.14. The van der Waals surface area contributed by atoms with Gasteiger partial charge in [-0.2, -0.15) is 0 Å². The Bertz CT molecular complexity index is 627. The van der Waals surface area contributed by atoms with Gasteiger partial charge in [0.15, 0.2) is 0 Å². The van der Waals surface area contributed by atoms with Crippen molar-refractivity contribution in [2.45, 2.75) is 18.8 Å². The summed E-state index contributed by atoms with van der Waals surface area (Å²) < 4.78 is 13.8. The van der Waals surface area contributed by atoms with E-state index in [9.17, 15) is 9.18 Å². The summed E-state index contributed by atoms with van der Waals surface area (Å²) in [6.07, 6.45) is 0. The number of carbonyl (C=O) groups excluding carboxylic acids is 1. The molecular weight excluding hydrogens is 289 g/mol. The Labute approximate surface area is 129 Å². The first-order valence-electron chi connectivity index (χ1n) is 6.71. The van der Waals surface area contributed by atoms with Crippen LogP contribution in [-0.4, -0.2) is 17.9 Å². The maximum Gasteiger partial charge on any atom is 0.254 e. The zero-order valence-electron chi connectivity index (χ0n) is 12.0. The minimum absolute atomic E-state index is 0.146. The van der Waals surface area contributed by atoms with E-state index >= 15 is 0 Å². The Kier molecular flexibility index (Phi) is 4.97. The number of benzene rings is 2. The monoisotopic (exact) mass is 305 g/mol. The fourth-order valence-corrected chi connectivity index (χ4v) is 2.32. The van der Waals surface area contributed by atoms with Gasteiger partial charge < -0.3 is 4.90 Å². The molecule has 0 heterocycles. The molecule has 0 saturated carbocycles. The molecule has 0 saturated heterocycles. The normalized spacial score (nSPS) is 12.0.